The molecular formula is C16H23NO2S. The van der Waals surface area contributed by atoms with E-state index in [1.165, 1.54) is 32.1 Å². The summed E-state index contributed by atoms with van der Waals surface area (Å²) in [6.07, 6.45) is 6.32. The highest BCUT2D eigenvalue weighted by Crippen LogP contribution is 2.34. The number of carboxylic acid groups (broad SMARTS) is 1. The third-order valence-electron chi connectivity index (χ3n) is 3.66. The Morgan fingerprint density at radius 3 is 2.45 bits per heavy atom. The van der Waals surface area contributed by atoms with Gasteiger partial charge in [-0.3, -0.25) is 0 Å². The number of aromatic nitrogens is 1. The first-order valence-electron chi connectivity index (χ1n) is 7.29. The maximum Gasteiger partial charge on any atom is 0.335 e. The van der Waals surface area contributed by atoms with Crippen LogP contribution >= 0.6 is 11.8 Å². The first kappa shape index (κ1) is 15.4. The second-order valence-electron chi connectivity index (χ2n) is 6.51. The quantitative estimate of drug-likeness (QED) is 0.891. The van der Waals surface area contributed by atoms with Gasteiger partial charge in [-0.15, -0.1) is 11.8 Å². The van der Waals surface area contributed by atoms with Gasteiger partial charge < -0.3 is 5.11 Å². The third kappa shape index (κ3) is 3.98. The van der Waals surface area contributed by atoms with E-state index in [1.807, 2.05) is 0 Å². The molecule has 1 saturated carbocycles. The minimum atomic E-state index is -0.872. The highest BCUT2D eigenvalue weighted by Gasteiger charge is 2.21. The highest BCUT2D eigenvalue weighted by molar-refractivity contribution is 7.99. The molecule has 2 rings (SSSR count). The Labute approximate surface area is 125 Å². The molecular weight excluding hydrogens is 270 g/mol. The summed E-state index contributed by atoms with van der Waals surface area (Å²) in [4.78, 5) is 16.0. The molecule has 1 aromatic heterocycles. The van der Waals surface area contributed by atoms with Crippen molar-refractivity contribution < 1.29 is 9.90 Å². The topological polar surface area (TPSA) is 50.2 Å². The number of carboxylic acids is 1. The summed E-state index contributed by atoms with van der Waals surface area (Å²) in [5.41, 5.74) is 1.08. The molecule has 1 aromatic rings. The second-order valence-corrected chi connectivity index (χ2v) is 7.83. The molecule has 4 heteroatoms. The smallest absolute Gasteiger partial charge is 0.335 e. The number of carbonyl (C=O) groups is 1. The molecule has 20 heavy (non-hydrogen) atoms. The zero-order valence-corrected chi connectivity index (χ0v) is 13.3. The lowest BCUT2D eigenvalue weighted by molar-refractivity contribution is 0.0696. The Morgan fingerprint density at radius 2 is 1.90 bits per heavy atom. The van der Waals surface area contributed by atoms with E-state index in [1.54, 1.807) is 23.9 Å². The van der Waals surface area contributed by atoms with Gasteiger partial charge in [0.2, 0.25) is 0 Å². The van der Waals surface area contributed by atoms with Crippen LogP contribution in [0.1, 0.15) is 68.9 Å². The molecule has 0 saturated heterocycles. The minimum Gasteiger partial charge on any atom is -0.478 e. The molecule has 1 N–H and O–H groups in total. The molecule has 0 atom stereocenters. The minimum absolute atomic E-state index is 0.132. The van der Waals surface area contributed by atoms with Crippen LogP contribution in [0.5, 0.6) is 0 Å². The van der Waals surface area contributed by atoms with E-state index in [-0.39, 0.29) is 5.41 Å². The highest BCUT2D eigenvalue weighted by atomic mass is 32.2. The summed E-state index contributed by atoms with van der Waals surface area (Å²) in [5, 5.41) is 10.7. The Balaban J connectivity index is 2.26. The number of pyridine rings is 1. The van der Waals surface area contributed by atoms with E-state index in [4.69, 9.17) is 0 Å². The van der Waals surface area contributed by atoms with Crippen LogP contribution in [0.3, 0.4) is 0 Å². The lowest BCUT2D eigenvalue weighted by Crippen LogP contribution is -2.16. The monoisotopic (exact) mass is 293 g/mol. The van der Waals surface area contributed by atoms with Gasteiger partial charge >= 0.3 is 5.97 Å². The summed E-state index contributed by atoms with van der Waals surface area (Å²) >= 11 is 1.75. The van der Waals surface area contributed by atoms with Crippen molar-refractivity contribution in [3.05, 3.63) is 23.4 Å². The molecule has 110 valence electrons. The molecule has 1 aliphatic carbocycles. The van der Waals surface area contributed by atoms with E-state index in [9.17, 15) is 9.90 Å². The zero-order valence-electron chi connectivity index (χ0n) is 12.5. The summed E-state index contributed by atoms with van der Waals surface area (Å²) in [7, 11) is 0. The van der Waals surface area contributed by atoms with Crippen molar-refractivity contribution in [1.29, 1.82) is 0 Å². The first-order chi connectivity index (χ1) is 9.36. The van der Waals surface area contributed by atoms with E-state index >= 15 is 0 Å². The summed E-state index contributed by atoms with van der Waals surface area (Å²) in [6, 6.07) is 3.42. The van der Waals surface area contributed by atoms with Gasteiger partial charge in [0.05, 0.1) is 10.6 Å². The van der Waals surface area contributed by atoms with Crippen LogP contribution in [-0.4, -0.2) is 21.3 Å². The molecule has 1 fully saturated rings. The maximum absolute atomic E-state index is 11.3. The molecule has 0 amide bonds. The molecule has 0 aliphatic heterocycles. The predicted molar refractivity (Wildman–Crippen MR) is 82.6 cm³/mol. The molecule has 0 unspecified atom stereocenters. The standard InChI is InChI=1S/C16H23NO2S/c1-16(2,3)13-9-11(15(18)19)10-14(17-13)20-12-7-5-4-6-8-12/h9-10,12H,4-8H2,1-3H3,(H,18,19). The largest absolute Gasteiger partial charge is 0.478 e. The van der Waals surface area contributed by atoms with Crippen molar-refractivity contribution in [2.45, 2.75) is 68.6 Å². The van der Waals surface area contributed by atoms with Crippen molar-refractivity contribution in [3.8, 4) is 0 Å². The van der Waals surface area contributed by atoms with Gasteiger partial charge in [0.25, 0.3) is 0 Å². The van der Waals surface area contributed by atoms with Gasteiger partial charge in [-0.2, -0.15) is 0 Å². The molecule has 0 aromatic carbocycles. The van der Waals surface area contributed by atoms with E-state index in [0.717, 1.165) is 10.7 Å². The fourth-order valence-electron chi connectivity index (χ4n) is 2.43. The SMILES string of the molecule is CC(C)(C)c1cc(C(=O)O)cc(SC2CCCCC2)n1. The van der Waals surface area contributed by atoms with Gasteiger partial charge in [-0.1, -0.05) is 40.0 Å². The zero-order chi connectivity index (χ0) is 14.8. The van der Waals surface area contributed by atoms with Gasteiger partial charge in [0.1, 0.15) is 0 Å². The molecule has 3 nitrogen and oxygen atoms in total. The van der Waals surface area contributed by atoms with Crippen LogP contribution in [0.15, 0.2) is 17.2 Å². The van der Waals surface area contributed by atoms with Crippen molar-refractivity contribution in [3.63, 3.8) is 0 Å². The van der Waals surface area contributed by atoms with Gasteiger partial charge in [0, 0.05) is 16.4 Å². The Kier molecular flexibility index (Phi) is 4.74. The fraction of sp³-hybridized carbons (Fsp3) is 0.625. The Hall–Kier alpha value is -1.03. The number of thioether (sulfide) groups is 1. The van der Waals surface area contributed by atoms with Crippen LogP contribution in [-0.2, 0) is 5.41 Å². The van der Waals surface area contributed by atoms with E-state index in [0.29, 0.717) is 10.8 Å². The Morgan fingerprint density at radius 1 is 1.25 bits per heavy atom. The van der Waals surface area contributed by atoms with Crippen LogP contribution in [0, 0.1) is 0 Å². The maximum atomic E-state index is 11.3. The lowest BCUT2D eigenvalue weighted by atomic mass is 9.91. The van der Waals surface area contributed by atoms with Crippen molar-refractivity contribution in [2.75, 3.05) is 0 Å². The van der Waals surface area contributed by atoms with Crippen molar-refractivity contribution in [1.82, 2.24) is 4.98 Å². The third-order valence-corrected chi connectivity index (χ3v) is 4.91. The fourth-order valence-corrected chi connectivity index (χ4v) is 3.68. The van der Waals surface area contributed by atoms with Gasteiger partial charge in [-0.25, -0.2) is 9.78 Å². The number of hydrogen-bond donors (Lipinski definition) is 1. The van der Waals surface area contributed by atoms with Crippen molar-refractivity contribution in [2.24, 2.45) is 0 Å². The van der Waals surface area contributed by atoms with Crippen molar-refractivity contribution >= 4 is 17.7 Å². The summed E-state index contributed by atoms with van der Waals surface area (Å²) < 4.78 is 0. The predicted octanol–water partition coefficient (Wildman–Crippen LogP) is 4.50. The molecule has 1 heterocycles. The number of rotatable bonds is 3. The molecule has 0 bridgehead atoms. The molecule has 0 radical (unpaired) electrons. The van der Waals surface area contributed by atoms with Crippen LogP contribution in [0.4, 0.5) is 0 Å². The summed E-state index contributed by atoms with van der Waals surface area (Å²) in [5.74, 6) is -0.872. The second kappa shape index (κ2) is 6.17. The normalized spacial score (nSPS) is 17.1. The van der Waals surface area contributed by atoms with Gasteiger partial charge in [0.15, 0.2) is 0 Å². The summed E-state index contributed by atoms with van der Waals surface area (Å²) in [6.45, 7) is 6.20. The van der Waals surface area contributed by atoms with Crippen LogP contribution in [0.2, 0.25) is 0 Å². The Bertz CT molecular complexity index is 488. The number of aromatic carboxylic acids is 1. The average molecular weight is 293 g/mol. The number of hydrogen-bond acceptors (Lipinski definition) is 3. The first-order valence-corrected chi connectivity index (χ1v) is 8.17. The van der Waals surface area contributed by atoms with E-state index < -0.39 is 5.97 Å². The number of nitrogens with zero attached hydrogens (tertiary/aromatic N) is 1. The van der Waals surface area contributed by atoms with Gasteiger partial charge in [-0.05, 0) is 25.0 Å². The van der Waals surface area contributed by atoms with Crippen LogP contribution in [0.25, 0.3) is 0 Å². The van der Waals surface area contributed by atoms with Crippen LogP contribution < -0.4 is 0 Å². The molecule has 0 spiro atoms. The average Bonchev–Trinajstić information content (AvgIpc) is 2.38. The molecule has 1 aliphatic rings. The lowest BCUT2D eigenvalue weighted by Gasteiger charge is -2.23. The van der Waals surface area contributed by atoms with E-state index in [2.05, 4.69) is 25.8 Å².